The van der Waals surface area contributed by atoms with Crippen molar-refractivity contribution in [2.45, 2.75) is 26.5 Å². The van der Waals surface area contributed by atoms with Crippen molar-refractivity contribution < 1.29 is 23.7 Å². The van der Waals surface area contributed by atoms with Crippen molar-refractivity contribution in [1.29, 1.82) is 0 Å². The molecule has 0 bridgehead atoms. The molecule has 0 aliphatic carbocycles. The minimum atomic E-state index is -0.792. The van der Waals surface area contributed by atoms with E-state index < -0.39 is 12.0 Å². The van der Waals surface area contributed by atoms with Crippen LogP contribution in [0.3, 0.4) is 0 Å². The lowest BCUT2D eigenvalue weighted by atomic mass is 9.97. The van der Waals surface area contributed by atoms with Crippen LogP contribution in [0, 0.1) is 0 Å². The third-order valence-corrected chi connectivity index (χ3v) is 8.20. The molecule has 0 unspecified atom stereocenters. The summed E-state index contributed by atoms with van der Waals surface area (Å²) < 4.78 is 24.6. The fraction of sp³-hybridized carbons (Fsp3) is 0.219. The Balaban J connectivity index is 1.57. The van der Waals surface area contributed by atoms with Crippen LogP contribution in [0.15, 0.2) is 82.2 Å². The Bertz CT molecular complexity index is 1880. The van der Waals surface area contributed by atoms with E-state index in [1.807, 2.05) is 50.2 Å². The number of carbonyl (C=O) groups excluding carboxylic acids is 1. The highest BCUT2D eigenvalue weighted by molar-refractivity contribution is 7.07. The third-order valence-electron chi connectivity index (χ3n) is 6.61. The van der Waals surface area contributed by atoms with Gasteiger partial charge in [0.25, 0.3) is 5.56 Å². The minimum absolute atomic E-state index is 0.213. The molecular weight excluding hydrogens is 611 g/mol. The molecule has 4 aromatic rings. The smallest absolute Gasteiger partial charge is 0.337 e. The number of para-hydroxylation sites is 1. The molecular formula is C32H28Cl2N2O6S. The number of benzene rings is 3. The monoisotopic (exact) mass is 638 g/mol. The molecule has 0 radical (unpaired) electrons. The van der Waals surface area contributed by atoms with Gasteiger partial charge in [0.1, 0.15) is 12.4 Å². The standard InChI is InChI=1S/C32H28Cl2N2O6S/c1-4-40-26-13-11-20(14-27(26)41-5-2)29-23(31(38)39-3)17-35-32-36(29)30(37)28(43-32)15-19-8-6-7-9-25(19)42-18-21-10-12-22(33)16-24(21)34/h6-17,29H,4-5,18H2,1-3H3/b28-15+/t29-/m0/s1. The van der Waals surface area contributed by atoms with Crippen molar-refractivity contribution in [1.82, 2.24) is 4.57 Å². The number of aromatic nitrogens is 1. The van der Waals surface area contributed by atoms with Crippen LogP contribution in [0.2, 0.25) is 10.0 Å². The highest BCUT2D eigenvalue weighted by Crippen LogP contribution is 2.35. The summed E-state index contributed by atoms with van der Waals surface area (Å²) in [5.41, 5.74) is 2.02. The molecule has 0 saturated carbocycles. The number of hydrogen-bond acceptors (Lipinski definition) is 8. The third kappa shape index (κ3) is 6.49. The first-order valence-corrected chi connectivity index (χ1v) is 15.1. The van der Waals surface area contributed by atoms with Crippen molar-refractivity contribution in [2.24, 2.45) is 4.99 Å². The second-order valence-corrected chi connectivity index (χ2v) is 11.2. The van der Waals surface area contributed by atoms with Crippen LogP contribution in [0.1, 0.15) is 36.6 Å². The summed E-state index contributed by atoms with van der Waals surface area (Å²) >= 11 is 13.6. The first kappa shape index (κ1) is 30.4. The van der Waals surface area contributed by atoms with Gasteiger partial charge in [-0.25, -0.2) is 9.79 Å². The van der Waals surface area contributed by atoms with Crippen LogP contribution < -0.4 is 29.1 Å². The Hall–Kier alpha value is -4.05. The lowest BCUT2D eigenvalue weighted by molar-refractivity contribution is -0.136. The Morgan fingerprint density at radius 2 is 1.74 bits per heavy atom. The summed E-state index contributed by atoms with van der Waals surface area (Å²) in [5, 5.41) is 1.04. The highest BCUT2D eigenvalue weighted by atomic mass is 35.5. The van der Waals surface area contributed by atoms with Crippen molar-refractivity contribution in [3.63, 3.8) is 0 Å². The number of nitrogens with zero attached hydrogens (tertiary/aromatic N) is 2. The number of methoxy groups -OCH3 is 1. The molecule has 0 N–H and O–H groups in total. The maximum Gasteiger partial charge on any atom is 0.337 e. The van der Waals surface area contributed by atoms with E-state index in [9.17, 15) is 9.59 Å². The van der Waals surface area contributed by atoms with Crippen molar-refractivity contribution in [3.05, 3.63) is 119 Å². The van der Waals surface area contributed by atoms with Gasteiger partial charge < -0.3 is 18.9 Å². The van der Waals surface area contributed by atoms with Crippen molar-refractivity contribution >= 4 is 46.6 Å². The molecule has 1 aromatic heterocycles. The molecule has 0 amide bonds. The van der Waals surface area contributed by atoms with Crippen LogP contribution in [-0.2, 0) is 16.1 Å². The second-order valence-electron chi connectivity index (χ2n) is 9.31. The van der Waals surface area contributed by atoms with Crippen LogP contribution in [0.5, 0.6) is 17.2 Å². The van der Waals surface area contributed by atoms with Gasteiger partial charge in [0.05, 0.1) is 36.5 Å². The average molecular weight is 640 g/mol. The van der Waals surface area contributed by atoms with Gasteiger partial charge in [0.2, 0.25) is 0 Å². The molecule has 0 spiro atoms. The summed E-state index contributed by atoms with van der Waals surface area (Å²) in [6.07, 6.45) is 3.21. The summed E-state index contributed by atoms with van der Waals surface area (Å²) in [6, 6.07) is 17.2. The van der Waals surface area contributed by atoms with Crippen LogP contribution in [0.25, 0.3) is 6.08 Å². The van der Waals surface area contributed by atoms with E-state index in [4.69, 9.17) is 42.1 Å². The van der Waals surface area contributed by atoms with Gasteiger partial charge in [0, 0.05) is 27.4 Å². The number of thiazole rings is 1. The van der Waals surface area contributed by atoms with Gasteiger partial charge in [-0.15, -0.1) is 0 Å². The first-order chi connectivity index (χ1) is 20.8. The maximum absolute atomic E-state index is 14.0. The number of carbonyl (C=O) groups is 1. The van der Waals surface area contributed by atoms with E-state index in [1.54, 1.807) is 30.3 Å². The van der Waals surface area contributed by atoms with E-state index in [2.05, 4.69) is 4.99 Å². The molecule has 1 aliphatic heterocycles. The van der Waals surface area contributed by atoms with Crippen molar-refractivity contribution in [2.75, 3.05) is 20.3 Å². The topological polar surface area (TPSA) is 88.4 Å². The van der Waals surface area contributed by atoms with Gasteiger partial charge >= 0.3 is 5.97 Å². The SMILES string of the molecule is CCOc1ccc([C@H]2C(C(=O)OC)=CN=c3s/c(=C/c4ccccc4OCc4ccc(Cl)cc4Cl)c(=O)n32)cc1OCC. The Kier molecular flexibility index (Phi) is 9.55. The normalized spacial score (nSPS) is 14.4. The van der Waals surface area contributed by atoms with Gasteiger partial charge in [-0.05, 0) is 55.8 Å². The zero-order chi connectivity index (χ0) is 30.5. The zero-order valence-corrected chi connectivity index (χ0v) is 26.0. The predicted octanol–water partition coefficient (Wildman–Crippen LogP) is 5.70. The largest absolute Gasteiger partial charge is 0.490 e. The van der Waals surface area contributed by atoms with Crippen LogP contribution in [-0.4, -0.2) is 30.9 Å². The molecule has 1 aliphatic rings. The Morgan fingerprint density at radius 1 is 0.977 bits per heavy atom. The molecule has 43 heavy (non-hydrogen) atoms. The lowest BCUT2D eigenvalue weighted by Crippen LogP contribution is -2.39. The number of fused-ring (bicyclic) bond motifs is 1. The molecule has 8 nitrogen and oxygen atoms in total. The lowest BCUT2D eigenvalue weighted by Gasteiger charge is -2.23. The second kappa shape index (κ2) is 13.5. The minimum Gasteiger partial charge on any atom is -0.490 e. The van der Waals surface area contributed by atoms with Gasteiger partial charge in [-0.2, -0.15) is 0 Å². The predicted molar refractivity (Wildman–Crippen MR) is 167 cm³/mol. The number of halogens is 2. The molecule has 222 valence electrons. The van der Waals surface area contributed by atoms with E-state index in [-0.39, 0.29) is 17.7 Å². The molecule has 5 rings (SSSR count). The molecule has 1 atom stereocenters. The van der Waals surface area contributed by atoms with E-state index in [0.717, 1.165) is 5.56 Å². The number of esters is 1. The molecule has 0 fully saturated rings. The highest BCUT2D eigenvalue weighted by Gasteiger charge is 2.31. The number of hydrogen-bond donors (Lipinski definition) is 0. The zero-order valence-electron chi connectivity index (χ0n) is 23.6. The molecule has 3 aromatic carbocycles. The summed E-state index contributed by atoms with van der Waals surface area (Å²) in [7, 11) is 1.29. The summed E-state index contributed by atoms with van der Waals surface area (Å²) in [6.45, 7) is 4.84. The first-order valence-electron chi connectivity index (χ1n) is 13.5. The quantitative estimate of drug-likeness (QED) is 0.207. The molecule has 0 saturated heterocycles. The molecule has 11 heteroatoms. The summed E-state index contributed by atoms with van der Waals surface area (Å²) in [4.78, 5) is 31.7. The van der Waals surface area contributed by atoms with Crippen LogP contribution >= 0.6 is 34.5 Å². The Morgan fingerprint density at radius 3 is 2.49 bits per heavy atom. The molecule has 2 heterocycles. The van der Waals surface area contributed by atoms with E-state index >= 15 is 0 Å². The summed E-state index contributed by atoms with van der Waals surface area (Å²) in [5.74, 6) is 1.06. The Labute approximate surface area is 262 Å². The number of rotatable bonds is 10. The fourth-order valence-corrected chi connectivity index (χ4v) is 6.08. The van der Waals surface area contributed by atoms with E-state index in [0.29, 0.717) is 61.0 Å². The van der Waals surface area contributed by atoms with Gasteiger partial charge in [-0.1, -0.05) is 64.9 Å². The van der Waals surface area contributed by atoms with E-state index in [1.165, 1.54) is 29.2 Å². The average Bonchev–Trinajstić information content (AvgIpc) is 3.32. The number of ether oxygens (including phenoxy) is 4. The fourth-order valence-electron chi connectivity index (χ4n) is 4.65. The van der Waals surface area contributed by atoms with Crippen molar-refractivity contribution in [3.8, 4) is 17.2 Å². The van der Waals surface area contributed by atoms with Gasteiger partial charge in [-0.3, -0.25) is 9.36 Å². The maximum atomic E-state index is 14.0. The van der Waals surface area contributed by atoms with Crippen LogP contribution in [0.4, 0.5) is 0 Å². The van der Waals surface area contributed by atoms with Gasteiger partial charge in [0.15, 0.2) is 16.3 Å².